The Bertz CT molecular complexity index is 766. The van der Waals surface area contributed by atoms with Crippen LogP contribution in [0.15, 0.2) is 36.5 Å². The van der Waals surface area contributed by atoms with Crippen LogP contribution in [0.1, 0.15) is 41.1 Å². The van der Waals surface area contributed by atoms with Crippen molar-refractivity contribution in [3.63, 3.8) is 0 Å². The first-order valence-corrected chi connectivity index (χ1v) is 9.24. The molecule has 1 aromatic heterocycles. The standard InChI is InChI=1S/C19H18BrClN2/c20-17-11-13-10-14(21)3-4-15(13)18(12-5-8-22-9-6-12)19-16(17)2-1-7-23-19/h1-4,7,10-12,18,22H,5-6,8-9H2. The Labute approximate surface area is 150 Å². The summed E-state index contributed by atoms with van der Waals surface area (Å²) >= 11 is 10.0. The SMILES string of the molecule is Clc1ccc2c(c1)C=C(Br)c1cccnc1C2C1CCNCC1. The molecule has 1 saturated heterocycles. The summed E-state index contributed by atoms with van der Waals surface area (Å²) in [4.78, 5) is 4.78. The molecule has 4 rings (SSSR count). The fourth-order valence-electron chi connectivity index (χ4n) is 3.84. The van der Waals surface area contributed by atoms with Crippen molar-refractivity contribution in [1.82, 2.24) is 10.3 Å². The van der Waals surface area contributed by atoms with E-state index >= 15 is 0 Å². The molecule has 0 radical (unpaired) electrons. The number of nitrogens with zero attached hydrogens (tertiary/aromatic N) is 1. The van der Waals surface area contributed by atoms with E-state index in [1.165, 1.54) is 35.2 Å². The summed E-state index contributed by atoms with van der Waals surface area (Å²) in [5.74, 6) is 0.934. The van der Waals surface area contributed by atoms with Crippen LogP contribution in [-0.2, 0) is 0 Å². The quantitative estimate of drug-likeness (QED) is 0.736. The second-order valence-electron chi connectivity index (χ2n) is 6.27. The Kier molecular flexibility index (Phi) is 4.27. The number of hydrogen-bond donors (Lipinski definition) is 1. The minimum atomic E-state index is 0.326. The average molecular weight is 390 g/mol. The van der Waals surface area contributed by atoms with Gasteiger partial charge in [-0.3, -0.25) is 4.98 Å². The van der Waals surface area contributed by atoms with Crippen molar-refractivity contribution in [2.24, 2.45) is 5.92 Å². The summed E-state index contributed by atoms with van der Waals surface area (Å²) < 4.78 is 1.08. The van der Waals surface area contributed by atoms with Crippen LogP contribution in [0, 0.1) is 5.92 Å². The van der Waals surface area contributed by atoms with Gasteiger partial charge in [0.2, 0.25) is 0 Å². The molecule has 0 bridgehead atoms. The molecule has 2 nitrogen and oxygen atoms in total. The van der Waals surface area contributed by atoms with Gasteiger partial charge in [0.05, 0.1) is 5.69 Å². The van der Waals surface area contributed by atoms with Crippen LogP contribution in [0.4, 0.5) is 0 Å². The van der Waals surface area contributed by atoms with Crippen LogP contribution in [0.3, 0.4) is 0 Å². The van der Waals surface area contributed by atoms with Gasteiger partial charge in [0.25, 0.3) is 0 Å². The van der Waals surface area contributed by atoms with Gasteiger partial charge in [-0.25, -0.2) is 0 Å². The van der Waals surface area contributed by atoms with Gasteiger partial charge in [0.1, 0.15) is 0 Å². The maximum Gasteiger partial charge on any atom is 0.0564 e. The molecule has 2 aromatic rings. The molecule has 2 heterocycles. The van der Waals surface area contributed by atoms with Gasteiger partial charge in [0, 0.05) is 27.2 Å². The molecule has 1 N–H and O–H groups in total. The zero-order valence-electron chi connectivity index (χ0n) is 12.7. The lowest BCUT2D eigenvalue weighted by atomic mass is 9.76. The van der Waals surface area contributed by atoms with Gasteiger partial charge >= 0.3 is 0 Å². The molecule has 1 aliphatic carbocycles. The van der Waals surface area contributed by atoms with Gasteiger partial charge < -0.3 is 5.32 Å². The predicted octanol–water partition coefficient (Wildman–Crippen LogP) is 5.07. The van der Waals surface area contributed by atoms with E-state index in [0.29, 0.717) is 11.8 Å². The van der Waals surface area contributed by atoms with Crippen LogP contribution in [0.2, 0.25) is 5.02 Å². The van der Waals surface area contributed by atoms with Gasteiger partial charge in [-0.1, -0.05) is 39.7 Å². The Balaban J connectivity index is 1.93. The molecule has 1 unspecified atom stereocenters. The molecule has 0 spiro atoms. The highest BCUT2D eigenvalue weighted by Crippen LogP contribution is 2.45. The Morgan fingerprint density at radius 1 is 1.17 bits per heavy atom. The lowest BCUT2D eigenvalue weighted by Gasteiger charge is -2.32. The number of benzene rings is 1. The molecule has 0 saturated carbocycles. The molecule has 118 valence electrons. The summed E-state index contributed by atoms with van der Waals surface area (Å²) in [6.45, 7) is 2.17. The first-order valence-electron chi connectivity index (χ1n) is 8.06. The van der Waals surface area contributed by atoms with Crippen LogP contribution >= 0.6 is 27.5 Å². The average Bonchev–Trinajstić information content (AvgIpc) is 2.70. The second kappa shape index (κ2) is 6.39. The third-order valence-electron chi connectivity index (χ3n) is 4.91. The molecule has 0 amide bonds. The van der Waals surface area contributed by atoms with E-state index in [2.05, 4.69) is 45.5 Å². The molecular weight excluding hydrogens is 372 g/mol. The van der Waals surface area contributed by atoms with Crippen LogP contribution in [0.5, 0.6) is 0 Å². The largest absolute Gasteiger partial charge is 0.317 e. The monoisotopic (exact) mass is 388 g/mol. The highest BCUT2D eigenvalue weighted by molar-refractivity contribution is 9.15. The number of aromatic nitrogens is 1. The van der Waals surface area contributed by atoms with E-state index in [1.807, 2.05) is 18.3 Å². The maximum atomic E-state index is 6.25. The van der Waals surface area contributed by atoms with E-state index in [0.717, 1.165) is 22.6 Å². The molecular formula is C19H18BrClN2. The van der Waals surface area contributed by atoms with Crippen molar-refractivity contribution in [1.29, 1.82) is 0 Å². The van der Waals surface area contributed by atoms with Gasteiger partial charge in [-0.2, -0.15) is 0 Å². The first kappa shape index (κ1) is 15.4. The summed E-state index contributed by atoms with van der Waals surface area (Å²) in [5.41, 5.74) is 4.92. The van der Waals surface area contributed by atoms with E-state index in [-0.39, 0.29) is 0 Å². The predicted molar refractivity (Wildman–Crippen MR) is 99.9 cm³/mol. The summed E-state index contributed by atoms with van der Waals surface area (Å²) in [6, 6.07) is 10.4. The fourth-order valence-corrected chi connectivity index (χ4v) is 4.60. The zero-order valence-corrected chi connectivity index (χ0v) is 15.1. The fraction of sp³-hybridized carbons (Fsp3) is 0.316. The number of nitrogens with one attached hydrogen (secondary N) is 1. The molecule has 1 aromatic carbocycles. The maximum absolute atomic E-state index is 6.25. The van der Waals surface area contributed by atoms with Gasteiger partial charge in [-0.05, 0) is 67.3 Å². The molecule has 2 aliphatic rings. The zero-order chi connectivity index (χ0) is 15.8. The van der Waals surface area contributed by atoms with Crippen molar-refractivity contribution in [3.05, 3.63) is 63.9 Å². The van der Waals surface area contributed by atoms with Crippen molar-refractivity contribution >= 4 is 38.1 Å². The smallest absolute Gasteiger partial charge is 0.0564 e. The van der Waals surface area contributed by atoms with Gasteiger partial charge in [0.15, 0.2) is 0 Å². The normalized spacial score (nSPS) is 21.1. The number of fused-ring (bicyclic) bond motifs is 2. The minimum absolute atomic E-state index is 0.326. The highest BCUT2D eigenvalue weighted by atomic mass is 79.9. The number of halogens is 2. The lowest BCUT2D eigenvalue weighted by Crippen LogP contribution is -2.31. The summed E-state index contributed by atoms with van der Waals surface area (Å²) in [6.07, 6.45) is 6.46. The Morgan fingerprint density at radius 2 is 2.00 bits per heavy atom. The topological polar surface area (TPSA) is 24.9 Å². The highest BCUT2D eigenvalue weighted by Gasteiger charge is 2.32. The molecule has 1 atom stereocenters. The third kappa shape index (κ3) is 2.86. The first-order chi connectivity index (χ1) is 11.2. The lowest BCUT2D eigenvalue weighted by molar-refractivity contribution is 0.339. The van der Waals surface area contributed by atoms with Crippen molar-refractivity contribution in [2.45, 2.75) is 18.8 Å². The van der Waals surface area contributed by atoms with Crippen LogP contribution in [0.25, 0.3) is 10.6 Å². The molecule has 1 fully saturated rings. The summed E-state index contributed by atoms with van der Waals surface area (Å²) in [7, 11) is 0. The second-order valence-corrected chi connectivity index (χ2v) is 7.56. The number of rotatable bonds is 1. The third-order valence-corrected chi connectivity index (χ3v) is 5.80. The van der Waals surface area contributed by atoms with E-state index in [1.54, 1.807) is 0 Å². The van der Waals surface area contributed by atoms with Crippen molar-refractivity contribution < 1.29 is 0 Å². The number of hydrogen-bond acceptors (Lipinski definition) is 2. The number of pyridine rings is 1. The Hall–Kier alpha value is -1.16. The van der Waals surface area contributed by atoms with Crippen LogP contribution < -0.4 is 5.32 Å². The minimum Gasteiger partial charge on any atom is -0.317 e. The van der Waals surface area contributed by atoms with Crippen molar-refractivity contribution in [3.8, 4) is 0 Å². The number of piperidine rings is 1. The van der Waals surface area contributed by atoms with E-state index in [4.69, 9.17) is 16.6 Å². The Morgan fingerprint density at radius 3 is 2.83 bits per heavy atom. The summed E-state index contributed by atoms with van der Waals surface area (Å²) in [5, 5.41) is 4.25. The van der Waals surface area contributed by atoms with Crippen LogP contribution in [-0.4, -0.2) is 18.1 Å². The van der Waals surface area contributed by atoms with Crippen molar-refractivity contribution in [2.75, 3.05) is 13.1 Å². The van der Waals surface area contributed by atoms with Gasteiger partial charge in [-0.15, -0.1) is 0 Å². The molecule has 4 heteroatoms. The van der Waals surface area contributed by atoms with E-state index in [9.17, 15) is 0 Å². The van der Waals surface area contributed by atoms with E-state index < -0.39 is 0 Å². The molecule has 1 aliphatic heterocycles. The molecule has 23 heavy (non-hydrogen) atoms.